The quantitative estimate of drug-likeness (QED) is 0.417. The summed E-state index contributed by atoms with van der Waals surface area (Å²) in [5, 5.41) is 5.33. The first-order valence-electron chi connectivity index (χ1n) is 10.7. The highest BCUT2D eigenvalue weighted by atomic mass is 19.4. The fourth-order valence-corrected chi connectivity index (χ4v) is 3.20. The van der Waals surface area contributed by atoms with E-state index in [4.69, 9.17) is 4.74 Å². The number of rotatable bonds is 8. The summed E-state index contributed by atoms with van der Waals surface area (Å²) < 4.78 is 57.6. The molecule has 1 heterocycles. The number of ether oxygens (including phenoxy) is 1. The molecule has 0 atom stereocenters. The van der Waals surface area contributed by atoms with Crippen LogP contribution in [0.3, 0.4) is 0 Å². The van der Waals surface area contributed by atoms with Crippen LogP contribution in [0.2, 0.25) is 0 Å². The van der Waals surface area contributed by atoms with Gasteiger partial charge in [-0.3, -0.25) is 9.59 Å². The first kappa shape index (κ1) is 24.1. The molecule has 1 aliphatic carbocycles. The summed E-state index contributed by atoms with van der Waals surface area (Å²) in [5.41, 5.74) is -0.573. The minimum atomic E-state index is -4.67. The third-order valence-corrected chi connectivity index (χ3v) is 5.13. The Morgan fingerprint density at radius 3 is 2.43 bits per heavy atom. The Bertz CT molecular complexity index is 1230. The fourth-order valence-electron chi connectivity index (χ4n) is 3.20. The summed E-state index contributed by atoms with van der Waals surface area (Å²) in [7, 11) is 0. The van der Waals surface area contributed by atoms with Gasteiger partial charge in [0.05, 0.1) is 5.56 Å². The van der Waals surface area contributed by atoms with Crippen LogP contribution in [0.15, 0.2) is 54.9 Å². The molecule has 2 aromatic carbocycles. The molecule has 0 radical (unpaired) electrons. The first-order chi connectivity index (χ1) is 16.7. The number of amides is 2. The number of anilines is 2. The van der Waals surface area contributed by atoms with Crippen LogP contribution in [0.4, 0.5) is 29.1 Å². The number of hydrogen-bond donors (Lipinski definition) is 2. The van der Waals surface area contributed by atoms with E-state index in [2.05, 4.69) is 20.6 Å². The summed E-state index contributed by atoms with van der Waals surface area (Å²) in [4.78, 5) is 32.0. The van der Waals surface area contributed by atoms with Crippen molar-refractivity contribution in [3.05, 3.63) is 71.8 Å². The fraction of sp³-hybridized carbons (Fsp3) is 0.250. The van der Waals surface area contributed by atoms with Crippen molar-refractivity contribution < 1.29 is 31.9 Å². The van der Waals surface area contributed by atoms with E-state index in [1.165, 1.54) is 12.4 Å². The predicted octanol–water partition coefficient (Wildman–Crippen LogP) is 5.35. The second-order valence-corrected chi connectivity index (χ2v) is 8.03. The van der Waals surface area contributed by atoms with Crippen LogP contribution in [0.5, 0.6) is 11.6 Å². The van der Waals surface area contributed by atoms with Crippen molar-refractivity contribution in [1.82, 2.24) is 9.97 Å². The Balaban J connectivity index is 1.30. The number of carbonyl (C=O) groups is 2. The Morgan fingerprint density at radius 1 is 1.00 bits per heavy atom. The van der Waals surface area contributed by atoms with Gasteiger partial charge in [-0.15, -0.1) is 0 Å². The van der Waals surface area contributed by atoms with Crippen molar-refractivity contribution >= 4 is 23.3 Å². The minimum absolute atomic E-state index is 0.0308. The molecule has 2 amide bonds. The highest BCUT2D eigenvalue weighted by Gasteiger charge is 2.31. The lowest BCUT2D eigenvalue weighted by Gasteiger charge is -2.10. The number of nitrogens with one attached hydrogen (secondary N) is 2. The Morgan fingerprint density at radius 2 is 1.74 bits per heavy atom. The van der Waals surface area contributed by atoms with Crippen molar-refractivity contribution in [3.8, 4) is 11.6 Å². The topological polar surface area (TPSA) is 93.2 Å². The average Bonchev–Trinajstić information content (AvgIpc) is 3.64. The SMILES string of the molecule is O=C(CCc1cc(F)cc(C(F)(F)F)c1)Nc1ccc(Oc2cc(NC(=O)C3CC3)ncn2)cc1. The van der Waals surface area contributed by atoms with E-state index in [0.717, 1.165) is 25.0 Å². The van der Waals surface area contributed by atoms with Crippen LogP contribution < -0.4 is 15.4 Å². The number of halogens is 4. The molecule has 7 nitrogen and oxygen atoms in total. The van der Waals surface area contributed by atoms with E-state index in [1.54, 1.807) is 24.3 Å². The normalized spacial score (nSPS) is 13.3. The summed E-state index contributed by atoms with van der Waals surface area (Å²) in [6.07, 6.45) is -1.85. The van der Waals surface area contributed by atoms with Gasteiger partial charge in [0.1, 0.15) is 23.7 Å². The van der Waals surface area contributed by atoms with Crippen LogP contribution >= 0.6 is 0 Å². The molecule has 35 heavy (non-hydrogen) atoms. The van der Waals surface area contributed by atoms with Gasteiger partial charge < -0.3 is 15.4 Å². The van der Waals surface area contributed by atoms with Crippen LogP contribution in [0.25, 0.3) is 0 Å². The smallest absolute Gasteiger partial charge is 0.416 e. The molecular weight excluding hydrogens is 468 g/mol. The van der Waals surface area contributed by atoms with E-state index in [1.807, 2.05) is 0 Å². The molecule has 4 rings (SSSR count). The van der Waals surface area contributed by atoms with E-state index >= 15 is 0 Å². The number of hydrogen-bond acceptors (Lipinski definition) is 5. The third-order valence-electron chi connectivity index (χ3n) is 5.13. The standard InChI is InChI=1S/C24H20F4N4O3/c25-17-10-14(9-16(11-17)24(26,27)28)1-8-21(33)31-18-4-6-19(7-5-18)35-22-12-20(29-13-30-22)32-23(34)15-2-3-15/h4-7,9-13,15H,1-3,8H2,(H,31,33)(H,29,30,32,34). The van der Waals surface area contributed by atoms with E-state index in [0.29, 0.717) is 23.3 Å². The van der Waals surface area contributed by atoms with Crippen molar-refractivity contribution in [2.75, 3.05) is 10.6 Å². The molecule has 0 spiro atoms. The van der Waals surface area contributed by atoms with E-state index in [-0.39, 0.29) is 36.1 Å². The summed E-state index contributed by atoms with van der Waals surface area (Å²) in [6, 6.07) is 10.0. The monoisotopic (exact) mass is 488 g/mol. The number of aryl methyl sites for hydroxylation is 1. The Kier molecular flexibility index (Phi) is 6.94. The zero-order valence-electron chi connectivity index (χ0n) is 18.2. The molecule has 0 unspecified atom stereocenters. The lowest BCUT2D eigenvalue weighted by Crippen LogP contribution is -2.14. The molecule has 182 valence electrons. The molecular formula is C24H20F4N4O3. The molecule has 0 aliphatic heterocycles. The summed E-state index contributed by atoms with van der Waals surface area (Å²) in [5.74, 6) is -0.542. The van der Waals surface area contributed by atoms with E-state index in [9.17, 15) is 27.2 Å². The van der Waals surface area contributed by atoms with Crippen molar-refractivity contribution in [2.24, 2.45) is 5.92 Å². The number of carbonyl (C=O) groups excluding carboxylic acids is 2. The van der Waals surface area contributed by atoms with Gasteiger partial charge in [-0.25, -0.2) is 14.4 Å². The predicted molar refractivity (Wildman–Crippen MR) is 118 cm³/mol. The lowest BCUT2D eigenvalue weighted by molar-refractivity contribution is -0.137. The van der Waals surface area contributed by atoms with Crippen LogP contribution in [0.1, 0.15) is 30.4 Å². The van der Waals surface area contributed by atoms with Crippen molar-refractivity contribution in [1.29, 1.82) is 0 Å². The molecule has 1 aromatic heterocycles. The van der Waals surface area contributed by atoms with Crippen molar-refractivity contribution in [3.63, 3.8) is 0 Å². The van der Waals surface area contributed by atoms with Gasteiger partial charge in [-0.05, 0) is 67.3 Å². The van der Waals surface area contributed by atoms with Crippen LogP contribution in [-0.2, 0) is 22.2 Å². The van der Waals surface area contributed by atoms with Gasteiger partial charge >= 0.3 is 6.18 Å². The molecule has 11 heteroatoms. The molecule has 1 saturated carbocycles. The van der Waals surface area contributed by atoms with Gasteiger partial charge in [0.2, 0.25) is 17.7 Å². The van der Waals surface area contributed by atoms with E-state index < -0.39 is 23.5 Å². The summed E-state index contributed by atoms with van der Waals surface area (Å²) in [6.45, 7) is 0. The van der Waals surface area contributed by atoms with Gasteiger partial charge in [0, 0.05) is 24.1 Å². The molecule has 3 aromatic rings. The number of nitrogens with zero attached hydrogens (tertiary/aromatic N) is 2. The molecule has 1 aliphatic rings. The van der Waals surface area contributed by atoms with Gasteiger partial charge in [-0.1, -0.05) is 0 Å². The molecule has 2 N–H and O–H groups in total. The van der Waals surface area contributed by atoms with Gasteiger partial charge in [0.15, 0.2) is 0 Å². The number of alkyl halides is 3. The highest BCUT2D eigenvalue weighted by Crippen LogP contribution is 2.31. The van der Waals surface area contributed by atoms with Crippen LogP contribution in [-0.4, -0.2) is 21.8 Å². The van der Waals surface area contributed by atoms with Gasteiger partial charge in [0.25, 0.3) is 0 Å². The summed E-state index contributed by atoms with van der Waals surface area (Å²) >= 11 is 0. The molecule has 0 bridgehead atoms. The van der Waals surface area contributed by atoms with Gasteiger partial charge in [-0.2, -0.15) is 13.2 Å². The zero-order valence-corrected chi connectivity index (χ0v) is 18.2. The number of benzene rings is 2. The number of aromatic nitrogens is 2. The largest absolute Gasteiger partial charge is 0.439 e. The molecule has 0 saturated heterocycles. The van der Waals surface area contributed by atoms with Crippen molar-refractivity contribution in [2.45, 2.75) is 31.9 Å². The maximum Gasteiger partial charge on any atom is 0.416 e. The minimum Gasteiger partial charge on any atom is -0.439 e. The molecule has 1 fully saturated rings. The Labute approximate surface area is 197 Å². The second-order valence-electron chi connectivity index (χ2n) is 8.03. The zero-order chi connectivity index (χ0) is 25.0. The average molecular weight is 488 g/mol. The Hall–Kier alpha value is -4.02. The second kappa shape index (κ2) is 10.1. The third kappa shape index (κ3) is 6.98. The first-order valence-corrected chi connectivity index (χ1v) is 10.7. The maximum absolute atomic E-state index is 13.5. The maximum atomic E-state index is 13.5. The van der Waals surface area contributed by atoms with Crippen LogP contribution in [0, 0.1) is 11.7 Å². The lowest BCUT2D eigenvalue weighted by atomic mass is 10.1. The highest BCUT2D eigenvalue weighted by molar-refractivity contribution is 5.93.